The predicted octanol–water partition coefficient (Wildman–Crippen LogP) is 0.536. The first kappa shape index (κ1) is 12.4. The van der Waals surface area contributed by atoms with Gasteiger partial charge in [0.15, 0.2) is 0 Å². The van der Waals surface area contributed by atoms with Crippen LogP contribution in [0.5, 0.6) is 0 Å². The molecule has 6 nitrogen and oxygen atoms in total. The van der Waals surface area contributed by atoms with E-state index in [1.807, 2.05) is 26.4 Å². The van der Waals surface area contributed by atoms with Gasteiger partial charge in [-0.3, -0.25) is 0 Å². The summed E-state index contributed by atoms with van der Waals surface area (Å²) in [6.45, 7) is 0.947. The number of benzene rings is 1. The average molecular weight is 246 g/mol. The van der Waals surface area contributed by atoms with Crippen molar-refractivity contribution in [3.05, 3.63) is 30.1 Å². The minimum absolute atomic E-state index is 0.554. The summed E-state index contributed by atoms with van der Waals surface area (Å²) in [7, 11) is 4.07. The van der Waals surface area contributed by atoms with E-state index >= 15 is 0 Å². The molecule has 2 aromatic rings. The lowest BCUT2D eigenvalue weighted by molar-refractivity contribution is 0.411. The molecule has 18 heavy (non-hydrogen) atoms. The lowest BCUT2D eigenvalue weighted by Gasteiger charge is -2.06. The smallest absolute Gasteiger partial charge is 0.0844 e. The molecular weight excluding hydrogens is 228 g/mol. The monoisotopic (exact) mass is 246 g/mol. The van der Waals surface area contributed by atoms with Crippen LogP contribution in [0.2, 0.25) is 0 Å². The van der Waals surface area contributed by atoms with Gasteiger partial charge in [0.25, 0.3) is 0 Å². The Morgan fingerprint density at radius 2 is 2.00 bits per heavy atom. The molecule has 0 bridgehead atoms. The largest absolute Gasteiger partial charge is 0.397 e. The summed E-state index contributed by atoms with van der Waals surface area (Å²) in [4.78, 5) is 2.11. The van der Waals surface area contributed by atoms with E-state index in [4.69, 9.17) is 11.5 Å². The maximum absolute atomic E-state index is 5.77. The van der Waals surface area contributed by atoms with E-state index in [-0.39, 0.29) is 0 Å². The molecule has 4 N–H and O–H groups in total. The van der Waals surface area contributed by atoms with Crippen molar-refractivity contribution in [3.63, 3.8) is 0 Å². The van der Waals surface area contributed by atoms with Crippen LogP contribution in [0.25, 0.3) is 5.69 Å². The van der Waals surface area contributed by atoms with E-state index in [0.717, 1.165) is 24.3 Å². The van der Waals surface area contributed by atoms with E-state index < -0.39 is 0 Å². The molecule has 6 heteroatoms. The van der Waals surface area contributed by atoms with Crippen LogP contribution in [0.15, 0.2) is 24.4 Å². The van der Waals surface area contributed by atoms with Crippen LogP contribution in [0, 0.1) is 0 Å². The highest BCUT2D eigenvalue weighted by Gasteiger charge is 2.04. The van der Waals surface area contributed by atoms with Crippen LogP contribution in [-0.4, -0.2) is 40.5 Å². The van der Waals surface area contributed by atoms with Crippen LogP contribution in [0.4, 0.5) is 11.4 Å². The van der Waals surface area contributed by atoms with Gasteiger partial charge in [0.2, 0.25) is 0 Å². The van der Waals surface area contributed by atoms with Crippen molar-refractivity contribution in [1.82, 2.24) is 19.9 Å². The third-order valence-electron chi connectivity index (χ3n) is 2.69. The zero-order valence-electron chi connectivity index (χ0n) is 10.7. The molecule has 2 rings (SSSR count). The van der Waals surface area contributed by atoms with E-state index in [1.165, 1.54) is 0 Å². The van der Waals surface area contributed by atoms with Gasteiger partial charge in [0.05, 0.1) is 29.0 Å². The summed E-state index contributed by atoms with van der Waals surface area (Å²) in [6.07, 6.45) is 2.78. The molecule has 1 heterocycles. The second-order valence-corrected chi connectivity index (χ2v) is 4.52. The van der Waals surface area contributed by atoms with Gasteiger partial charge in [-0.1, -0.05) is 5.21 Å². The van der Waals surface area contributed by atoms with Gasteiger partial charge in [0.1, 0.15) is 0 Å². The number of hydrogen-bond acceptors (Lipinski definition) is 5. The van der Waals surface area contributed by atoms with Gasteiger partial charge in [-0.05, 0) is 32.3 Å². The molecule has 1 aromatic heterocycles. The molecule has 0 spiro atoms. The zero-order chi connectivity index (χ0) is 13.1. The predicted molar refractivity (Wildman–Crippen MR) is 72.4 cm³/mol. The molecule has 0 aliphatic heterocycles. The SMILES string of the molecule is CN(C)CCc1cn(-c2ccc(N)c(N)c2)nn1. The van der Waals surface area contributed by atoms with E-state index in [1.54, 1.807) is 16.8 Å². The Bertz CT molecular complexity index is 531. The molecule has 0 aliphatic carbocycles. The summed E-state index contributed by atoms with van der Waals surface area (Å²) in [6, 6.07) is 5.43. The van der Waals surface area contributed by atoms with Gasteiger partial charge < -0.3 is 16.4 Å². The third kappa shape index (κ3) is 2.78. The van der Waals surface area contributed by atoms with E-state index in [9.17, 15) is 0 Å². The molecule has 0 atom stereocenters. The van der Waals surface area contributed by atoms with Crippen LogP contribution < -0.4 is 11.5 Å². The maximum Gasteiger partial charge on any atom is 0.0844 e. The average Bonchev–Trinajstić information content (AvgIpc) is 2.79. The Labute approximate surface area is 106 Å². The van der Waals surface area contributed by atoms with Gasteiger partial charge in [0, 0.05) is 13.0 Å². The molecule has 0 amide bonds. The number of nitrogens with two attached hydrogens (primary N) is 2. The van der Waals surface area contributed by atoms with Crippen molar-refractivity contribution in [2.24, 2.45) is 0 Å². The number of nitrogens with zero attached hydrogens (tertiary/aromatic N) is 4. The normalized spacial score (nSPS) is 11.1. The van der Waals surface area contributed by atoms with Crippen molar-refractivity contribution >= 4 is 11.4 Å². The molecule has 0 fully saturated rings. The van der Waals surface area contributed by atoms with Crippen LogP contribution in [0.1, 0.15) is 5.69 Å². The first-order chi connectivity index (χ1) is 8.56. The summed E-state index contributed by atoms with van der Waals surface area (Å²) in [5, 5.41) is 8.22. The summed E-state index contributed by atoms with van der Waals surface area (Å²) < 4.78 is 1.71. The van der Waals surface area contributed by atoms with Gasteiger partial charge >= 0.3 is 0 Å². The molecule has 0 radical (unpaired) electrons. The Balaban J connectivity index is 2.16. The quantitative estimate of drug-likeness (QED) is 0.769. The van der Waals surface area contributed by atoms with Crippen LogP contribution in [-0.2, 0) is 6.42 Å². The standard InChI is InChI=1S/C12H18N6/c1-17(2)6-5-9-8-18(16-15-9)10-3-4-11(13)12(14)7-10/h3-4,7-8H,5-6,13-14H2,1-2H3. The first-order valence-electron chi connectivity index (χ1n) is 5.77. The highest BCUT2D eigenvalue weighted by atomic mass is 15.4. The topological polar surface area (TPSA) is 86.0 Å². The van der Waals surface area contributed by atoms with Gasteiger partial charge in [-0.15, -0.1) is 5.10 Å². The summed E-state index contributed by atoms with van der Waals surface area (Å²) in [5.74, 6) is 0. The Morgan fingerprint density at radius 1 is 1.22 bits per heavy atom. The lowest BCUT2D eigenvalue weighted by atomic mass is 10.2. The highest BCUT2D eigenvalue weighted by molar-refractivity contribution is 5.66. The molecule has 0 unspecified atom stereocenters. The fourth-order valence-corrected chi connectivity index (χ4v) is 1.58. The van der Waals surface area contributed by atoms with E-state index in [0.29, 0.717) is 11.4 Å². The van der Waals surface area contributed by atoms with Crippen molar-refractivity contribution in [1.29, 1.82) is 0 Å². The first-order valence-corrected chi connectivity index (χ1v) is 5.77. The van der Waals surface area contributed by atoms with Gasteiger partial charge in [-0.25, -0.2) is 4.68 Å². The van der Waals surface area contributed by atoms with Crippen molar-refractivity contribution in [2.45, 2.75) is 6.42 Å². The zero-order valence-corrected chi connectivity index (χ0v) is 10.7. The number of anilines is 2. The number of nitrogen functional groups attached to an aromatic ring is 2. The molecule has 0 saturated heterocycles. The van der Waals surface area contributed by atoms with Crippen molar-refractivity contribution < 1.29 is 0 Å². The van der Waals surface area contributed by atoms with Gasteiger partial charge in [-0.2, -0.15) is 0 Å². The number of hydrogen-bond donors (Lipinski definition) is 2. The maximum atomic E-state index is 5.77. The minimum atomic E-state index is 0.554. The van der Waals surface area contributed by atoms with E-state index in [2.05, 4.69) is 15.2 Å². The van der Waals surface area contributed by atoms with Crippen LogP contribution in [0.3, 0.4) is 0 Å². The van der Waals surface area contributed by atoms with Crippen LogP contribution >= 0.6 is 0 Å². The molecule has 96 valence electrons. The number of rotatable bonds is 4. The fraction of sp³-hybridized carbons (Fsp3) is 0.333. The Hall–Kier alpha value is -2.08. The minimum Gasteiger partial charge on any atom is -0.397 e. The molecule has 0 saturated carbocycles. The summed E-state index contributed by atoms with van der Waals surface area (Å²) >= 11 is 0. The second-order valence-electron chi connectivity index (χ2n) is 4.52. The highest BCUT2D eigenvalue weighted by Crippen LogP contribution is 2.18. The molecule has 1 aromatic carbocycles. The summed E-state index contributed by atoms with van der Waals surface area (Å²) in [5.41, 5.74) is 14.4. The molecular formula is C12H18N6. The lowest BCUT2D eigenvalue weighted by Crippen LogP contribution is -2.15. The Morgan fingerprint density at radius 3 is 2.67 bits per heavy atom. The van der Waals surface area contributed by atoms with Crippen molar-refractivity contribution in [3.8, 4) is 5.69 Å². The number of likely N-dealkylation sites (N-methyl/N-ethyl adjacent to an activating group) is 1. The third-order valence-corrected chi connectivity index (χ3v) is 2.69. The number of aromatic nitrogens is 3. The molecule has 0 aliphatic rings. The Kier molecular flexibility index (Phi) is 3.47. The fourth-order valence-electron chi connectivity index (χ4n) is 1.58. The van der Waals surface area contributed by atoms with Crippen molar-refractivity contribution in [2.75, 3.05) is 32.1 Å². The second kappa shape index (κ2) is 5.05.